The molecule has 1 aromatic carbocycles. The van der Waals surface area contributed by atoms with Crippen LogP contribution >= 0.6 is 23.4 Å². The molecule has 1 heterocycles. The first-order chi connectivity index (χ1) is 8.58. The van der Waals surface area contributed by atoms with Crippen LogP contribution in [0.15, 0.2) is 40.6 Å². The minimum atomic E-state index is -0.0600. The largest absolute Gasteiger partial charge is 0.384 e. The van der Waals surface area contributed by atoms with Crippen LogP contribution in [0.1, 0.15) is 11.1 Å². The van der Waals surface area contributed by atoms with Crippen molar-refractivity contribution < 1.29 is 0 Å². The Bertz CT molecular complexity index is 583. The molecule has 92 valence electrons. The van der Waals surface area contributed by atoms with Crippen LogP contribution in [0.4, 0.5) is 0 Å². The monoisotopic (exact) mass is 278 g/mol. The second-order valence-electron chi connectivity index (χ2n) is 3.67. The first-order valence-electron chi connectivity index (χ1n) is 5.17. The van der Waals surface area contributed by atoms with Gasteiger partial charge in [-0.1, -0.05) is 17.7 Å². The standard InChI is InChI=1S/C12H11ClN4S/c1-7-5-16-12(17-6-7)18-9-4-2-3-8(13)10(9)11(14)15/h2-6H,1H3,(H3,14,15). The van der Waals surface area contributed by atoms with Crippen molar-refractivity contribution in [3.05, 3.63) is 46.7 Å². The molecule has 18 heavy (non-hydrogen) atoms. The quantitative estimate of drug-likeness (QED) is 0.514. The summed E-state index contributed by atoms with van der Waals surface area (Å²) in [5, 5.41) is 8.62. The van der Waals surface area contributed by atoms with E-state index in [0.717, 1.165) is 10.5 Å². The van der Waals surface area contributed by atoms with E-state index in [0.29, 0.717) is 15.7 Å². The molecule has 0 aliphatic carbocycles. The number of benzene rings is 1. The molecule has 2 rings (SSSR count). The highest BCUT2D eigenvalue weighted by molar-refractivity contribution is 7.99. The number of hydrogen-bond donors (Lipinski definition) is 2. The Labute approximate surface area is 114 Å². The van der Waals surface area contributed by atoms with Crippen molar-refractivity contribution in [2.45, 2.75) is 17.0 Å². The fraction of sp³-hybridized carbons (Fsp3) is 0.0833. The van der Waals surface area contributed by atoms with E-state index in [1.807, 2.05) is 19.1 Å². The summed E-state index contributed by atoms with van der Waals surface area (Å²) in [6, 6.07) is 5.36. The summed E-state index contributed by atoms with van der Waals surface area (Å²) >= 11 is 7.38. The molecule has 0 spiro atoms. The summed E-state index contributed by atoms with van der Waals surface area (Å²) < 4.78 is 0. The van der Waals surface area contributed by atoms with Crippen LogP contribution in [0.25, 0.3) is 0 Å². The third-order valence-electron chi connectivity index (χ3n) is 2.20. The Morgan fingerprint density at radius 3 is 2.61 bits per heavy atom. The molecule has 0 bridgehead atoms. The summed E-state index contributed by atoms with van der Waals surface area (Å²) in [4.78, 5) is 9.18. The van der Waals surface area contributed by atoms with E-state index in [1.165, 1.54) is 11.8 Å². The van der Waals surface area contributed by atoms with Crippen LogP contribution < -0.4 is 5.73 Å². The van der Waals surface area contributed by atoms with Crippen molar-refractivity contribution in [2.24, 2.45) is 5.73 Å². The van der Waals surface area contributed by atoms with Gasteiger partial charge in [-0.05, 0) is 36.4 Å². The van der Waals surface area contributed by atoms with Gasteiger partial charge in [0.25, 0.3) is 0 Å². The predicted octanol–water partition coefficient (Wildman–Crippen LogP) is 2.87. The lowest BCUT2D eigenvalue weighted by Gasteiger charge is -2.08. The number of rotatable bonds is 3. The van der Waals surface area contributed by atoms with E-state index >= 15 is 0 Å². The molecule has 2 aromatic rings. The van der Waals surface area contributed by atoms with Gasteiger partial charge in [0.1, 0.15) is 5.84 Å². The van der Waals surface area contributed by atoms with Crippen LogP contribution in [0.3, 0.4) is 0 Å². The number of halogens is 1. The van der Waals surface area contributed by atoms with Crippen molar-refractivity contribution >= 4 is 29.2 Å². The zero-order valence-electron chi connectivity index (χ0n) is 9.64. The number of nitrogens with one attached hydrogen (secondary N) is 1. The lowest BCUT2D eigenvalue weighted by atomic mass is 10.2. The molecule has 0 aliphatic rings. The van der Waals surface area contributed by atoms with E-state index in [1.54, 1.807) is 18.5 Å². The van der Waals surface area contributed by atoms with E-state index in [4.69, 9.17) is 22.7 Å². The summed E-state index contributed by atoms with van der Waals surface area (Å²) in [5.41, 5.74) is 7.06. The van der Waals surface area contributed by atoms with Crippen LogP contribution in [-0.2, 0) is 0 Å². The first-order valence-corrected chi connectivity index (χ1v) is 6.37. The normalized spacial score (nSPS) is 10.3. The van der Waals surface area contributed by atoms with Crippen molar-refractivity contribution in [3.8, 4) is 0 Å². The number of hydrogen-bond acceptors (Lipinski definition) is 4. The van der Waals surface area contributed by atoms with Crippen LogP contribution in [0.5, 0.6) is 0 Å². The average molecular weight is 279 g/mol. The maximum Gasteiger partial charge on any atom is 0.192 e. The molecule has 0 atom stereocenters. The van der Waals surface area contributed by atoms with E-state index in [-0.39, 0.29) is 5.84 Å². The Morgan fingerprint density at radius 1 is 1.33 bits per heavy atom. The molecule has 0 amide bonds. The highest BCUT2D eigenvalue weighted by Gasteiger charge is 2.12. The zero-order chi connectivity index (χ0) is 13.1. The highest BCUT2D eigenvalue weighted by atomic mass is 35.5. The summed E-state index contributed by atoms with van der Waals surface area (Å²) in [7, 11) is 0. The minimum absolute atomic E-state index is 0.0600. The Morgan fingerprint density at radius 2 is 2.00 bits per heavy atom. The van der Waals surface area contributed by atoms with Crippen molar-refractivity contribution in [2.75, 3.05) is 0 Å². The van der Waals surface area contributed by atoms with Gasteiger partial charge in [-0.25, -0.2) is 9.97 Å². The van der Waals surface area contributed by atoms with Gasteiger partial charge in [0, 0.05) is 22.9 Å². The molecule has 0 aliphatic heterocycles. The maximum atomic E-state index is 7.56. The lowest BCUT2D eigenvalue weighted by Crippen LogP contribution is -2.13. The lowest BCUT2D eigenvalue weighted by molar-refractivity contribution is 0.950. The molecule has 0 radical (unpaired) electrons. The summed E-state index contributed by atoms with van der Waals surface area (Å²) in [5.74, 6) is -0.0600. The number of aryl methyl sites for hydroxylation is 1. The van der Waals surface area contributed by atoms with Gasteiger partial charge >= 0.3 is 0 Å². The Kier molecular flexibility index (Phi) is 3.84. The Hall–Kier alpha value is -1.59. The van der Waals surface area contributed by atoms with Gasteiger partial charge in [0.15, 0.2) is 5.16 Å². The van der Waals surface area contributed by atoms with Gasteiger partial charge in [0.05, 0.1) is 5.02 Å². The zero-order valence-corrected chi connectivity index (χ0v) is 11.2. The second-order valence-corrected chi connectivity index (χ2v) is 5.09. The fourth-order valence-corrected chi connectivity index (χ4v) is 2.59. The minimum Gasteiger partial charge on any atom is -0.384 e. The van der Waals surface area contributed by atoms with E-state index in [2.05, 4.69) is 9.97 Å². The number of aromatic nitrogens is 2. The van der Waals surface area contributed by atoms with Gasteiger partial charge < -0.3 is 5.73 Å². The molecule has 1 aromatic heterocycles. The molecule has 0 fully saturated rings. The third kappa shape index (κ3) is 2.80. The molecule has 3 N–H and O–H groups in total. The summed E-state index contributed by atoms with van der Waals surface area (Å²) in [6.07, 6.45) is 3.49. The fourth-order valence-electron chi connectivity index (χ4n) is 1.38. The van der Waals surface area contributed by atoms with Gasteiger partial charge in [-0.3, -0.25) is 5.41 Å². The molecular weight excluding hydrogens is 268 g/mol. The Balaban J connectivity index is 2.37. The first kappa shape index (κ1) is 12.9. The van der Waals surface area contributed by atoms with Gasteiger partial charge in [0.2, 0.25) is 0 Å². The van der Waals surface area contributed by atoms with Gasteiger partial charge in [-0.2, -0.15) is 0 Å². The van der Waals surface area contributed by atoms with Crippen LogP contribution in [0.2, 0.25) is 5.02 Å². The number of nitrogen functional groups attached to an aromatic ring is 1. The maximum absolute atomic E-state index is 7.56. The summed E-state index contributed by atoms with van der Waals surface area (Å²) in [6.45, 7) is 1.93. The number of amidine groups is 1. The van der Waals surface area contributed by atoms with Crippen molar-refractivity contribution in [1.82, 2.24) is 9.97 Å². The SMILES string of the molecule is Cc1cnc(Sc2cccc(Cl)c2C(=N)N)nc1. The third-order valence-corrected chi connectivity index (χ3v) is 3.47. The van der Waals surface area contributed by atoms with E-state index < -0.39 is 0 Å². The number of nitrogens with zero attached hydrogens (tertiary/aromatic N) is 2. The average Bonchev–Trinajstić information content (AvgIpc) is 2.32. The topological polar surface area (TPSA) is 75.7 Å². The van der Waals surface area contributed by atoms with Crippen molar-refractivity contribution in [1.29, 1.82) is 5.41 Å². The highest BCUT2D eigenvalue weighted by Crippen LogP contribution is 2.31. The van der Waals surface area contributed by atoms with E-state index in [9.17, 15) is 0 Å². The van der Waals surface area contributed by atoms with Gasteiger partial charge in [-0.15, -0.1) is 0 Å². The molecule has 0 saturated carbocycles. The number of nitrogens with two attached hydrogens (primary N) is 1. The molecular formula is C12H11ClN4S. The van der Waals surface area contributed by atoms with Crippen molar-refractivity contribution in [3.63, 3.8) is 0 Å². The second kappa shape index (κ2) is 5.37. The van der Waals surface area contributed by atoms with Crippen LogP contribution in [-0.4, -0.2) is 15.8 Å². The molecule has 0 saturated heterocycles. The van der Waals surface area contributed by atoms with Crippen LogP contribution in [0, 0.1) is 12.3 Å². The molecule has 4 nitrogen and oxygen atoms in total. The predicted molar refractivity (Wildman–Crippen MR) is 73.4 cm³/mol. The molecule has 6 heteroatoms. The molecule has 0 unspecified atom stereocenters. The smallest absolute Gasteiger partial charge is 0.192 e.